The summed E-state index contributed by atoms with van der Waals surface area (Å²) >= 11 is 5.59. The third kappa shape index (κ3) is 4.10. The molecule has 1 fully saturated rings. The van der Waals surface area contributed by atoms with Gasteiger partial charge in [-0.25, -0.2) is 0 Å². The summed E-state index contributed by atoms with van der Waals surface area (Å²) in [5.74, 6) is 0.751. The van der Waals surface area contributed by atoms with E-state index in [4.69, 9.17) is 16.3 Å². The molecule has 0 aromatic heterocycles. The maximum absolute atomic E-state index is 5.59. The van der Waals surface area contributed by atoms with Crippen molar-refractivity contribution in [2.75, 3.05) is 26.3 Å². The highest BCUT2D eigenvalue weighted by Crippen LogP contribution is 2.15. The van der Waals surface area contributed by atoms with E-state index in [0.717, 1.165) is 32.2 Å². The van der Waals surface area contributed by atoms with Crippen molar-refractivity contribution in [1.82, 2.24) is 5.32 Å². The van der Waals surface area contributed by atoms with Crippen molar-refractivity contribution in [1.29, 1.82) is 0 Å². The number of rotatable bonds is 5. The van der Waals surface area contributed by atoms with Crippen LogP contribution in [0.1, 0.15) is 12.8 Å². The van der Waals surface area contributed by atoms with Crippen LogP contribution in [0.4, 0.5) is 0 Å². The van der Waals surface area contributed by atoms with Gasteiger partial charge in [0.25, 0.3) is 0 Å². The lowest BCUT2D eigenvalue weighted by atomic mass is 10.1. The Morgan fingerprint density at radius 3 is 3.08 bits per heavy atom. The molecule has 0 spiro atoms. The maximum Gasteiger partial charge on any atom is 0.0495 e. The Bertz CT molecular complexity index is 143. The summed E-state index contributed by atoms with van der Waals surface area (Å²) in [6.45, 7) is 7.21. The van der Waals surface area contributed by atoms with Crippen LogP contribution in [0.25, 0.3) is 0 Å². The zero-order valence-electron chi connectivity index (χ0n) is 7.31. The van der Waals surface area contributed by atoms with Crippen LogP contribution >= 0.6 is 11.6 Å². The van der Waals surface area contributed by atoms with Crippen molar-refractivity contribution in [3.8, 4) is 0 Å². The second-order valence-electron chi connectivity index (χ2n) is 3.21. The van der Waals surface area contributed by atoms with E-state index in [1.807, 2.05) is 0 Å². The van der Waals surface area contributed by atoms with E-state index < -0.39 is 0 Å². The normalized spacial score (nSPS) is 22.9. The summed E-state index contributed by atoms with van der Waals surface area (Å²) in [7, 11) is 0. The fourth-order valence-electron chi connectivity index (χ4n) is 1.34. The van der Waals surface area contributed by atoms with Gasteiger partial charge < -0.3 is 10.1 Å². The van der Waals surface area contributed by atoms with E-state index in [9.17, 15) is 0 Å². The predicted octanol–water partition coefficient (Wildman–Crippen LogP) is 1.76. The Kier molecular flexibility index (Phi) is 4.66. The standard InChI is InChI=1S/C9H16ClNO/c1-8(10)6-11-4-2-9-3-5-12-7-9/h9,11H,1-7H2. The van der Waals surface area contributed by atoms with Gasteiger partial charge in [-0.1, -0.05) is 18.2 Å². The summed E-state index contributed by atoms with van der Waals surface area (Å²) in [6, 6.07) is 0. The lowest BCUT2D eigenvalue weighted by Gasteiger charge is -2.07. The molecule has 0 aromatic rings. The third-order valence-corrected chi connectivity index (χ3v) is 2.20. The Morgan fingerprint density at radius 1 is 1.67 bits per heavy atom. The Hall–Kier alpha value is -0.0500. The fraction of sp³-hybridized carbons (Fsp3) is 0.778. The van der Waals surface area contributed by atoms with E-state index in [-0.39, 0.29) is 0 Å². The van der Waals surface area contributed by atoms with E-state index in [1.165, 1.54) is 12.8 Å². The first-order valence-electron chi connectivity index (χ1n) is 4.41. The molecule has 1 atom stereocenters. The lowest BCUT2D eigenvalue weighted by Crippen LogP contribution is -2.19. The number of hydrogen-bond acceptors (Lipinski definition) is 2. The molecule has 1 rings (SSSR count). The molecule has 1 heterocycles. The monoisotopic (exact) mass is 189 g/mol. The molecule has 2 nitrogen and oxygen atoms in total. The quantitative estimate of drug-likeness (QED) is 0.666. The molecular formula is C9H16ClNO. The number of ether oxygens (including phenoxy) is 1. The molecule has 70 valence electrons. The number of nitrogens with one attached hydrogen (secondary N) is 1. The van der Waals surface area contributed by atoms with Gasteiger partial charge in [-0.15, -0.1) is 0 Å². The van der Waals surface area contributed by atoms with E-state index >= 15 is 0 Å². The first kappa shape index (κ1) is 10.0. The van der Waals surface area contributed by atoms with Crippen LogP contribution in [0, 0.1) is 5.92 Å². The van der Waals surface area contributed by atoms with Gasteiger partial charge >= 0.3 is 0 Å². The molecule has 0 amide bonds. The molecule has 0 bridgehead atoms. The summed E-state index contributed by atoms with van der Waals surface area (Å²) < 4.78 is 5.26. The van der Waals surface area contributed by atoms with Crippen LogP contribution in [0.2, 0.25) is 0 Å². The smallest absolute Gasteiger partial charge is 0.0495 e. The van der Waals surface area contributed by atoms with Gasteiger partial charge in [0, 0.05) is 24.8 Å². The van der Waals surface area contributed by atoms with Crippen LogP contribution in [-0.4, -0.2) is 26.3 Å². The third-order valence-electron chi connectivity index (χ3n) is 2.07. The van der Waals surface area contributed by atoms with E-state index in [0.29, 0.717) is 5.03 Å². The van der Waals surface area contributed by atoms with Crippen molar-refractivity contribution in [2.24, 2.45) is 5.92 Å². The minimum absolute atomic E-state index is 0.678. The SMILES string of the molecule is C=C(Cl)CNCCC1CCOC1. The highest BCUT2D eigenvalue weighted by Gasteiger charge is 2.14. The second-order valence-corrected chi connectivity index (χ2v) is 3.75. The molecular weight excluding hydrogens is 174 g/mol. The molecule has 1 N–H and O–H groups in total. The van der Waals surface area contributed by atoms with E-state index in [2.05, 4.69) is 11.9 Å². The van der Waals surface area contributed by atoms with Gasteiger partial charge in [0.05, 0.1) is 0 Å². The van der Waals surface area contributed by atoms with Crippen LogP contribution in [0.15, 0.2) is 11.6 Å². The predicted molar refractivity (Wildman–Crippen MR) is 51.4 cm³/mol. The largest absolute Gasteiger partial charge is 0.381 e. The molecule has 0 aromatic carbocycles. The molecule has 1 saturated heterocycles. The molecule has 1 aliphatic heterocycles. The summed E-state index contributed by atoms with van der Waals surface area (Å²) in [5.41, 5.74) is 0. The highest BCUT2D eigenvalue weighted by molar-refractivity contribution is 6.29. The van der Waals surface area contributed by atoms with Crippen molar-refractivity contribution in [3.05, 3.63) is 11.6 Å². The lowest BCUT2D eigenvalue weighted by molar-refractivity contribution is 0.184. The fourth-order valence-corrected chi connectivity index (χ4v) is 1.44. The Labute approximate surface area is 78.9 Å². The van der Waals surface area contributed by atoms with Gasteiger partial charge in [-0.3, -0.25) is 0 Å². The van der Waals surface area contributed by atoms with Gasteiger partial charge in [0.2, 0.25) is 0 Å². The zero-order chi connectivity index (χ0) is 8.81. The molecule has 1 aliphatic rings. The minimum atomic E-state index is 0.678. The van der Waals surface area contributed by atoms with Crippen LogP contribution in [0.5, 0.6) is 0 Å². The van der Waals surface area contributed by atoms with Crippen molar-refractivity contribution in [2.45, 2.75) is 12.8 Å². The zero-order valence-corrected chi connectivity index (χ0v) is 8.07. The van der Waals surface area contributed by atoms with E-state index in [1.54, 1.807) is 0 Å². The topological polar surface area (TPSA) is 21.3 Å². The summed E-state index contributed by atoms with van der Waals surface area (Å²) in [4.78, 5) is 0. The minimum Gasteiger partial charge on any atom is -0.381 e. The Balaban J connectivity index is 1.91. The maximum atomic E-state index is 5.59. The Morgan fingerprint density at radius 2 is 2.50 bits per heavy atom. The first-order chi connectivity index (χ1) is 5.79. The van der Waals surface area contributed by atoms with Crippen molar-refractivity contribution >= 4 is 11.6 Å². The summed E-state index contributed by atoms with van der Waals surface area (Å²) in [6.07, 6.45) is 2.40. The van der Waals surface area contributed by atoms with Crippen LogP contribution in [0.3, 0.4) is 0 Å². The van der Waals surface area contributed by atoms with Gasteiger partial charge in [0.15, 0.2) is 0 Å². The van der Waals surface area contributed by atoms with Gasteiger partial charge in [-0.05, 0) is 25.3 Å². The average Bonchev–Trinajstić information content (AvgIpc) is 2.49. The van der Waals surface area contributed by atoms with Gasteiger partial charge in [-0.2, -0.15) is 0 Å². The molecule has 0 radical (unpaired) electrons. The molecule has 1 unspecified atom stereocenters. The summed E-state index contributed by atoms with van der Waals surface area (Å²) in [5, 5.41) is 3.90. The van der Waals surface area contributed by atoms with Gasteiger partial charge in [0.1, 0.15) is 0 Å². The van der Waals surface area contributed by atoms with Crippen LogP contribution < -0.4 is 5.32 Å². The molecule has 12 heavy (non-hydrogen) atoms. The highest BCUT2D eigenvalue weighted by atomic mass is 35.5. The molecule has 0 saturated carbocycles. The number of hydrogen-bond donors (Lipinski definition) is 1. The molecule has 0 aliphatic carbocycles. The first-order valence-corrected chi connectivity index (χ1v) is 4.78. The van der Waals surface area contributed by atoms with Crippen LogP contribution in [-0.2, 0) is 4.74 Å². The molecule has 3 heteroatoms. The average molecular weight is 190 g/mol. The van der Waals surface area contributed by atoms with Crippen molar-refractivity contribution in [3.63, 3.8) is 0 Å². The second kappa shape index (κ2) is 5.57. The number of halogens is 1. The van der Waals surface area contributed by atoms with Crippen molar-refractivity contribution < 1.29 is 4.74 Å².